The Bertz CT molecular complexity index is 813. The number of anilines is 1. The quantitative estimate of drug-likeness (QED) is 0.743. The molecule has 0 bridgehead atoms. The van der Waals surface area contributed by atoms with E-state index in [2.05, 4.69) is 0 Å². The van der Waals surface area contributed by atoms with Gasteiger partial charge in [0.2, 0.25) is 11.8 Å². The Morgan fingerprint density at radius 2 is 1.96 bits per heavy atom. The molecule has 150 valence electrons. The molecule has 0 spiro atoms. The number of esters is 1. The zero-order chi connectivity index (χ0) is 20.3. The summed E-state index contributed by atoms with van der Waals surface area (Å²) in [5, 5.41) is 0.362. The van der Waals surface area contributed by atoms with Gasteiger partial charge in [0.1, 0.15) is 6.04 Å². The van der Waals surface area contributed by atoms with E-state index in [-0.39, 0.29) is 11.5 Å². The highest BCUT2D eigenvalue weighted by Crippen LogP contribution is 2.30. The number of carbonyl (C=O) groups excluding carboxylic acids is 4. The van der Waals surface area contributed by atoms with Crippen molar-refractivity contribution in [1.29, 1.82) is 0 Å². The van der Waals surface area contributed by atoms with Crippen molar-refractivity contribution in [2.24, 2.45) is 5.73 Å². The van der Waals surface area contributed by atoms with Crippen LogP contribution in [0.4, 0.5) is 5.69 Å². The lowest BCUT2D eigenvalue weighted by molar-refractivity contribution is -0.143. The van der Waals surface area contributed by atoms with Crippen molar-refractivity contribution in [1.82, 2.24) is 4.90 Å². The first-order chi connectivity index (χ1) is 13.4. The normalized spacial score (nSPS) is 19.6. The van der Waals surface area contributed by atoms with Crippen LogP contribution in [0.2, 0.25) is 5.02 Å². The van der Waals surface area contributed by atoms with Crippen molar-refractivity contribution >= 4 is 41.0 Å². The van der Waals surface area contributed by atoms with Gasteiger partial charge < -0.3 is 20.3 Å². The summed E-state index contributed by atoms with van der Waals surface area (Å²) < 4.78 is 5.13. The number of ether oxygens (including phenoxy) is 1. The average Bonchev–Trinajstić information content (AvgIpc) is 3.11. The number of hydrogen-bond donors (Lipinski definition) is 1. The maximum atomic E-state index is 12.4. The van der Waals surface area contributed by atoms with E-state index < -0.39 is 30.4 Å². The van der Waals surface area contributed by atoms with E-state index >= 15 is 0 Å². The number of likely N-dealkylation sites (tertiary alicyclic amines) is 1. The molecule has 0 aromatic heterocycles. The third-order valence-corrected chi connectivity index (χ3v) is 5.34. The van der Waals surface area contributed by atoms with E-state index in [0.29, 0.717) is 36.6 Å². The fraction of sp³-hybridized carbons (Fsp3) is 0.474. The molecule has 1 aromatic rings. The molecule has 0 unspecified atom stereocenters. The Morgan fingerprint density at radius 3 is 2.64 bits per heavy atom. The number of halogens is 1. The minimum Gasteiger partial charge on any atom is -0.452 e. The van der Waals surface area contributed by atoms with Gasteiger partial charge in [-0.2, -0.15) is 0 Å². The van der Waals surface area contributed by atoms with Gasteiger partial charge in [0.25, 0.3) is 5.91 Å². The van der Waals surface area contributed by atoms with Gasteiger partial charge in [-0.15, -0.1) is 0 Å². The molecule has 2 saturated heterocycles. The average molecular weight is 408 g/mol. The summed E-state index contributed by atoms with van der Waals surface area (Å²) in [6.07, 6.45) is 3.28. The van der Waals surface area contributed by atoms with Crippen LogP contribution in [0.5, 0.6) is 0 Å². The minimum atomic E-state index is -0.703. The number of carbonyl (C=O) groups is 4. The zero-order valence-electron chi connectivity index (χ0n) is 15.4. The Labute approximate surface area is 167 Å². The van der Waals surface area contributed by atoms with Gasteiger partial charge in [0, 0.05) is 19.5 Å². The molecule has 3 rings (SSSR count). The second-order valence-corrected chi connectivity index (χ2v) is 7.30. The first-order valence-corrected chi connectivity index (χ1v) is 9.62. The van der Waals surface area contributed by atoms with Gasteiger partial charge in [0.05, 0.1) is 16.3 Å². The molecule has 2 heterocycles. The molecule has 3 amide bonds. The van der Waals surface area contributed by atoms with Crippen molar-refractivity contribution in [2.75, 3.05) is 24.6 Å². The smallest absolute Gasteiger partial charge is 0.338 e. The Kier molecular flexibility index (Phi) is 6.18. The van der Waals surface area contributed by atoms with Crippen molar-refractivity contribution < 1.29 is 23.9 Å². The van der Waals surface area contributed by atoms with Crippen molar-refractivity contribution in [3.8, 4) is 0 Å². The van der Waals surface area contributed by atoms with Crippen LogP contribution in [-0.4, -0.2) is 54.3 Å². The van der Waals surface area contributed by atoms with Crippen LogP contribution >= 0.6 is 11.6 Å². The molecular formula is C19H22ClN3O5. The highest BCUT2D eigenvalue weighted by Gasteiger charge is 2.31. The van der Waals surface area contributed by atoms with Crippen LogP contribution < -0.4 is 10.6 Å². The van der Waals surface area contributed by atoms with Crippen LogP contribution in [0.15, 0.2) is 18.2 Å². The van der Waals surface area contributed by atoms with E-state index in [1.807, 2.05) is 0 Å². The summed E-state index contributed by atoms with van der Waals surface area (Å²) in [6.45, 7) is 0.467. The van der Waals surface area contributed by atoms with Crippen LogP contribution in [0.25, 0.3) is 0 Å². The second kappa shape index (κ2) is 8.60. The lowest BCUT2D eigenvalue weighted by Crippen LogP contribution is -2.51. The SMILES string of the molecule is NC(=O)[C@@H]1CCCCN1C(=O)COC(=O)c1ccc(Cl)c(N2CCCC2=O)c1. The standard InChI is InChI=1S/C19H22ClN3O5/c20-13-7-6-12(10-15(13)23-9-3-5-16(23)24)19(27)28-11-17(25)22-8-2-1-4-14(22)18(21)26/h6-7,10,14H,1-5,8-9,11H2,(H2,21,26)/t14-/m0/s1. The summed E-state index contributed by atoms with van der Waals surface area (Å²) in [4.78, 5) is 51.1. The molecular weight excluding hydrogens is 386 g/mol. The van der Waals surface area contributed by atoms with Gasteiger partial charge in [-0.1, -0.05) is 11.6 Å². The predicted molar refractivity (Wildman–Crippen MR) is 102 cm³/mol. The molecule has 1 atom stereocenters. The van der Waals surface area contributed by atoms with Gasteiger partial charge >= 0.3 is 5.97 Å². The Hall–Kier alpha value is -2.61. The number of piperidine rings is 1. The largest absolute Gasteiger partial charge is 0.452 e. The predicted octanol–water partition coefficient (Wildman–Crippen LogP) is 1.49. The van der Waals surface area contributed by atoms with E-state index in [9.17, 15) is 19.2 Å². The lowest BCUT2D eigenvalue weighted by atomic mass is 10.0. The highest BCUT2D eigenvalue weighted by molar-refractivity contribution is 6.34. The third kappa shape index (κ3) is 4.27. The molecule has 0 aliphatic carbocycles. The summed E-state index contributed by atoms with van der Waals surface area (Å²) in [7, 11) is 0. The van der Waals surface area contributed by atoms with Gasteiger partial charge in [-0.05, 0) is 43.9 Å². The summed E-state index contributed by atoms with van der Waals surface area (Å²) in [5.74, 6) is -1.77. The van der Waals surface area contributed by atoms with Crippen LogP contribution in [0, 0.1) is 0 Å². The Balaban J connectivity index is 1.65. The first-order valence-electron chi connectivity index (χ1n) is 9.24. The number of nitrogens with zero attached hydrogens (tertiary/aromatic N) is 2. The molecule has 2 N–H and O–H groups in total. The third-order valence-electron chi connectivity index (χ3n) is 5.02. The first kappa shape index (κ1) is 20.1. The molecule has 0 saturated carbocycles. The van der Waals surface area contributed by atoms with Crippen molar-refractivity contribution in [3.05, 3.63) is 28.8 Å². The van der Waals surface area contributed by atoms with Crippen LogP contribution in [0.1, 0.15) is 42.5 Å². The van der Waals surface area contributed by atoms with Crippen molar-refractivity contribution in [3.63, 3.8) is 0 Å². The monoisotopic (exact) mass is 407 g/mol. The number of hydrogen-bond acceptors (Lipinski definition) is 5. The van der Waals surface area contributed by atoms with E-state index in [4.69, 9.17) is 22.1 Å². The van der Waals surface area contributed by atoms with Gasteiger partial charge in [-0.3, -0.25) is 14.4 Å². The van der Waals surface area contributed by atoms with Crippen LogP contribution in [-0.2, 0) is 19.1 Å². The Morgan fingerprint density at radius 1 is 1.18 bits per heavy atom. The van der Waals surface area contributed by atoms with E-state index in [1.165, 1.54) is 28.0 Å². The van der Waals surface area contributed by atoms with Crippen LogP contribution in [0.3, 0.4) is 0 Å². The van der Waals surface area contributed by atoms with Gasteiger partial charge in [-0.25, -0.2) is 4.79 Å². The maximum Gasteiger partial charge on any atom is 0.338 e. The van der Waals surface area contributed by atoms with E-state index in [0.717, 1.165) is 19.3 Å². The number of nitrogens with two attached hydrogens (primary N) is 1. The lowest BCUT2D eigenvalue weighted by Gasteiger charge is -2.33. The highest BCUT2D eigenvalue weighted by atomic mass is 35.5. The number of rotatable bonds is 5. The maximum absolute atomic E-state index is 12.4. The van der Waals surface area contributed by atoms with E-state index in [1.54, 1.807) is 0 Å². The molecule has 2 aliphatic rings. The van der Waals surface area contributed by atoms with Crippen molar-refractivity contribution in [2.45, 2.75) is 38.1 Å². The summed E-state index contributed by atoms with van der Waals surface area (Å²) in [5.41, 5.74) is 6.00. The molecule has 2 aliphatic heterocycles. The van der Waals surface area contributed by atoms with Gasteiger partial charge in [0.15, 0.2) is 6.61 Å². The fourth-order valence-electron chi connectivity index (χ4n) is 3.57. The molecule has 2 fully saturated rings. The molecule has 1 aromatic carbocycles. The summed E-state index contributed by atoms with van der Waals surface area (Å²) in [6, 6.07) is 3.83. The molecule has 8 nitrogen and oxygen atoms in total. The minimum absolute atomic E-state index is 0.0508. The second-order valence-electron chi connectivity index (χ2n) is 6.89. The number of primary amides is 1. The summed E-state index contributed by atoms with van der Waals surface area (Å²) >= 11 is 6.17. The fourth-order valence-corrected chi connectivity index (χ4v) is 3.79. The molecule has 28 heavy (non-hydrogen) atoms. The zero-order valence-corrected chi connectivity index (χ0v) is 16.1. The molecule has 9 heteroatoms. The number of benzene rings is 1. The molecule has 0 radical (unpaired) electrons. The topological polar surface area (TPSA) is 110 Å². The number of amides is 3.